The lowest BCUT2D eigenvalue weighted by atomic mass is 10.1. The molecule has 0 aliphatic rings. The van der Waals surface area contributed by atoms with Crippen LogP contribution in [0.25, 0.3) is 0 Å². The summed E-state index contributed by atoms with van der Waals surface area (Å²) >= 11 is 5.94. The Hall–Kier alpha value is -1.87. The number of aryl methyl sites for hydroxylation is 1. The Bertz CT molecular complexity index is 599. The number of pyridine rings is 1. The highest BCUT2D eigenvalue weighted by Gasteiger charge is 2.12. The van der Waals surface area contributed by atoms with Gasteiger partial charge in [0.15, 0.2) is 0 Å². The van der Waals surface area contributed by atoms with E-state index < -0.39 is 0 Å². The van der Waals surface area contributed by atoms with Crippen LogP contribution in [0.4, 0.5) is 0 Å². The molecule has 1 N–H and O–H groups in total. The van der Waals surface area contributed by atoms with E-state index in [9.17, 15) is 4.79 Å². The second-order valence-corrected chi connectivity index (χ2v) is 5.02. The fourth-order valence-corrected chi connectivity index (χ4v) is 2.19. The van der Waals surface area contributed by atoms with Gasteiger partial charge in [-0.2, -0.15) is 0 Å². The summed E-state index contributed by atoms with van der Waals surface area (Å²) in [7, 11) is 0. The highest BCUT2D eigenvalue weighted by Crippen LogP contribution is 2.15. The van der Waals surface area contributed by atoms with Crippen LogP contribution in [-0.2, 0) is 6.42 Å². The van der Waals surface area contributed by atoms with Gasteiger partial charge in [-0.1, -0.05) is 48.9 Å². The minimum absolute atomic E-state index is 0.0549. The van der Waals surface area contributed by atoms with Crippen molar-refractivity contribution in [3.8, 4) is 0 Å². The van der Waals surface area contributed by atoms with Gasteiger partial charge in [0.25, 0.3) is 5.91 Å². The smallest absolute Gasteiger partial charge is 0.251 e. The SMILES string of the molecule is CCc1cc(C(=O)NC(C)c2ccccc2)cc(Cl)n1. The molecule has 1 aromatic heterocycles. The summed E-state index contributed by atoms with van der Waals surface area (Å²) in [4.78, 5) is 16.4. The Kier molecular flexibility index (Phi) is 4.74. The lowest BCUT2D eigenvalue weighted by Crippen LogP contribution is -2.26. The number of carbonyl (C=O) groups excluding carboxylic acids is 1. The summed E-state index contributed by atoms with van der Waals surface area (Å²) < 4.78 is 0. The quantitative estimate of drug-likeness (QED) is 0.870. The van der Waals surface area contributed by atoms with Crippen molar-refractivity contribution in [2.45, 2.75) is 26.3 Å². The van der Waals surface area contributed by atoms with Gasteiger partial charge in [0.05, 0.1) is 6.04 Å². The van der Waals surface area contributed by atoms with Crippen LogP contribution < -0.4 is 5.32 Å². The number of halogens is 1. The first-order chi connectivity index (χ1) is 9.60. The van der Waals surface area contributed by atoms with Gasteiger partial charge < -0.3 is 5.32 Å². The number of amides is 1. The summed E-state index contributed by atoms with van der Waals surface area (Å²) in [5, 5.41) is 3.31. The van der Waals surface area contributed by atoms with Crippen LogP contribution in [0.5, 0.6) is 0 Å². The van der Waals surface area contributed by atoms with E-state index in [2.05, 4.69) is 10.3 Å². The molecule has 1 amide bonds. The van der Waals surface area contributed by atoms with Crippen LogP contribution in [-0.4, -0.2) is 10.9 Å². The van der Waals surface area contributed by atoms with Crippen molar-refractivity contribution in [1.29, 1.82) is 0 Å². The van der Waals surface area contributed by atoms with Crippen LogP contribution in [0, 0.1) is 0 Å². The van der Waals surface area contributed by atoms with Gasteiger partial charge in [-0.05, 0) is 31.0 Å². The Balaban J connectivity index is 2.14. The Morgan fingerprint density at radius 2 is 2.00 bits per heavy atom. The summed E-state index contributed by atoms with van der Waals surface area (Å²) in [6.45, 7) is 3.93. The summed E-state index contributed by atoms with van der Waals surface area (Å²) in [5.41, 5.74) is 2.43. The van der Waals surface area contributed by atoms with E-state index in [0.717, 1.165) is 17.7 Å². The zero-order valence-electron chi connectivity index (χ0n) is 11.6. The van der Waals surface area contributed by atoms with Gasteiger partial charge in [0, 0.05) is 11.3 Å². The van der Waals surface area contributed by atoms with Crippen molar-refractivity contribution in [1.82, 2.24) is 10.3 Å². The van der Waals surface area contributed by atoms with Crippen molar-refractivity contribution >= 4 is 17.5 Å². The average Bonchev–Trinajstić information content (AvgIpc) is 2.47. The molecule has 0 aliphatic heterocycles. The van der Waals surface area contributed by atoms with Crippen molar-refractivity contribution in [2.24, 2.45) is 0 Å². The van der Waals surface area contributed by atoms with E-state index in [1.165, 1.54) is 0 Å². The van der Waals surface area contributed by atoms with E-state index in [1.807, 2.05) is 44.2 Å². The fourth-order valence-electron chi connectivity index (χ4n) is 1.97. The van der Waals surface area contributed by atoms with Gasteiger partial charge >= 0.3 is 0 Å². The molecule has 0 bridgehead atoms. The first kappa shape index (κ1) is 14.5. The summed E-state index contributed by atoms with van der Waals surface area (Å²) in [5.74, 6) is -0.139. The number of benzene rings is 1. The zero-order valence-corrected chi connectivity index (χ0v) is 12.3. The van der Waals surface area contributed by atoms with Crippen LogP contribution in [0.15, 0.2) is 42.5 Å². The van der Waals surface area contributed by atoms with E-state index >= 15 is 0 Å². The molecule has 4 heteroatoms. The Labute approximate surface area is 124 Å². The highest BCUT2D eigenvalue weighted by atomic mass is 35.5. The monoisotopic (exact) mass is 288 g/mol. The minimum Gasteiger partial charge on any atom is -0.346 e. The number of hydrogen-bond donors (Lipinski definition) is 1. The Morgan fingerprint density at radius 3 is 2.65 bits per heavy atom. The molecule has 0 saturated heterocycles. The number of nitrogens with one attached hydrogen (secondary N) is 1. The van der Waals surface area contributed by atoms with E-state index in [1.54, 1.807) is 12.1 Å². The van der Waals surface area contributed by atoms with Gasteiger partial charge in [-0.15, -0.1) is 0 Å². The fraction of sp³-hybridized carbons (Fsp3) is 0.250. The standard InChI is InChI=1S/C16H17ClN2O/c1-3-14-9-13(10-15(17)19-14)16(20)18-11(2)12-7-5-4-6-8-12/h4-11H,3H2,1-2H3,(H,18,20). The van der Waals surface area contributed by atoms with Gasteiger partial charge in [0.2, 0.25) is 0 Å². The summed E-state index contributed by atoms with van der Waals surface area (Å²) in [6, 6.07) is 13.2. The predicted molar refractivity (Wildman–Crippen MR) is 80.9 cm³/mol. The van der Waals surface area contributed by atoms with Crippen LogP contribution in [0.1, 0.15) is 41.5 Å². The molecule has 0 saturated carbocycles. The molecule has 3 nitrogen and oxygen atoms in total. The third-order valence-electron chi connectivity index (χ3n) is 3.12. The molecule has 0 spiro atoms. The van der Waals surface area contributed by atoms with Crippen LogP contribution in [0.2, 0.25) is 5.15 Å². The summed E-state index contributed by atoms with van der Waals surface area (Å²) in [6.07, 6.45) is 0.745. The topological polar surface area (TPSA) is 42.0 Å². The minimum atomic E-state index is -0.139. The van der Waals surface area contributed by atoms with Gasteiger partial charge in [0.1, 0.15) is 5.15 Å². The second-order valence-electron chi connectivity index (χ2n) is 4.63. The van der Waals surface area contributed by atoms with Crippen molar-refractivity contribution in [2.75, 3.05) is 0 Å². The molecule has 2 aromatic rings. The first-order valence-corrected chi connectivity index (χ1v) is 7.00. The van der Waals surface area contributed by atoms with Crippen molar-refractivity contribution in [3.05, 3.63) is 64.4 Å². The molecule has 0 aliphatic carbocycles. The normalized spacial score (nSPS) is 11.9. The number of carbonyl (C=O) groups is 1. The van der Waals surface area contributed by atoms with E-state index in [0.29, 0.717) is 10.7 Å². The van der Waals surface area contributed by atoms with Crippen LogP contribution in [0.3, 0.4) is 0 Å². The van der Waals surface area contributed by atoms with E-state index in [4.69, 9.17) is 11.6 Å². The van der Waals surface area contributed by atoms with Gasteiger partial charge in [-0.25, -0.2) is 4.98 Å². The van der Waals surface area contributed by atoms with Crippen LogP contribution >= 0.6 is 11.6 Å². The van der Waals surface area contributed by atoms with Crippen molar-refractivity contribution in [3.63, 3.8) is 0 Å². The molecule has 0 radical (unpaired) electrons. The number of aromatic nitrogens is 1. The lowest BCUT2D eigenvalue weighted by Gasteiger charge is -2.14. The molecule has 1 atom stereocenters. The third-order valence-corrected chi connectivity index (χ3v) is 3.31. The largest absolute Gasteiger partial charge is 0.346 e. The maximum Gasteiger partial charge on any atom is 0.251 e. The maximum absolute atomic E-state index is 12.3. The molecule has 0 fully saturated rings. The predicted octanol–water partition coefficient (Wildman–Crippen LogP) is 3.79. The second kappa shape index (κ2) is 6.53. The molecular formula is C16H17ClN2O. The highest BCUT2D eigenvalue weighted by molar-refractivity contribution is 6.29. The average molecular weight is 289 g/mol. The molecular weight excluding hydrogens is 272 g/mol. The maximum atomic E-state index is 12.3. The number of rotatable bonds is 4. The number of nitrogens with zero attached hydrogens (tertiary/aromatic N) is 1. The third kappa shape index (κ3) is 3.58. The molecule has 2 rings (SSSR count). The van der Waals surface area contributed by atoms with E-state index in [-0.39, 0.29) is 11.9 Å². The first-order valence-electron chi connectivity index (χ1n) is 6.62. The van der Waals surface area contributed by atoms with Gasteiger partial charge in [-0.3, -0.25) is 4.79 Å². The zero-order chi connectivity index (χ0) is 14.5. The molecule has 1 aromatic carbocycles. The molecule has 20 heavy (non-hydrogen) atoms. The lowest BCUT2D eigenvalue weighted by molar-refractivity contribution is 0.0939. The Morgan fingerprint density at radius 1 is 1.30 bits per heavy atom. The molecule has 104 valence electrons. The molecule has 1 unspecified atom stereocenters. The molecule has 1 heterocycles. The van der Waals surface area contributed by atoms with Crippen molar-refractivity contribution < 1.29 is 4.79 Å². The number of hydrogen-bond acceptors (Lipinski definition) is 2.